The van der Waals surface area contributed by atoms with E-state index in [9.17, 15) is 9.18 Å². The molecule has 22 heavy (non-hydrogen) atoms. The van der Waals surface area contributed by atoms with Crippen LogP contribution < -0.4 is 0 Å². The van der Waals surface area contributed by atoms with E-state index in [1.165, 1.54) is 12.1 Å². The average Bonchev–Trinajstić information content (AvgIpc) is 3.34. The van der Waals surface area contributed by atoms with Gasteiger partial charge in [-0.05, 0) is 60.7 Å². The van der Waals surface area contributed by atoms with Crippen molar-refractivity contribution in [3.63, 3.8) is 0 Å². The number of rotatable bonds is 4. The lowest BCUT2D eigenvalue weighted by Gasteiger charge is -2.29. The van der Waals surface area contributed by atoms with E-state index in [-0.39, 0.29) is 17.8 Å². The molecule has 0 aromatic heterocycles. The van der Waals surface area contributed by atoms with E-state index < -0.39 is 0 Å². The molecule has 0 unspecified atom stereocenters. The highest BCUT2D eigenvalue weighted by Gasteiger charge is 2.37. The van der Waals surface area contributed by atoms with Gasteiger partial charge in [-0.1, -0.05) is 23.7 Å². The third-order valence-electron chi connectivity index (χ3n) is 4.11. The van der Waals surface area contributed by atoms with Crippen LogP contribution in [-0.4, -0.2) is 17.9 Å². The summed E-state index contributed by atoms with van der Waals surface area (Å²) in [6.07, 6.45) is 2.20. The molecule has 1 aliphatic rings. The van der Waals surface area contributed by atoms with Crippen molar-refractivity contribution < 1.29 is 9.18 Å². The van der Waals surface area contributed by atoms with Crippen molar-refractivity contribution in [1.29, 1.82) is 0 Å². The zero-order valence-electron chi connectivity index (χ0n) is 12.3. The van der Waals surface area contributed by atoms with Gasteiger partial charge >= 0.3 is 0 Å². The summed E-state index contributed by atoms with van der Waals surface area (Å²) in [7, 11) is 1.81. The second-order valence-electron chi connectivity index (χ2n) is 5.76. The van der Waals surface area contributed by atoms with Crippen molar-refractivity contribution in [2.45, 2.75) is 18.9 Å². The fourth-order valence-electron chi connectivity index (χ4n) is 2.81. The first-order valence-electron chi connectivity index (χ1n) is 7.34. The Balaban J connectivity index is 1.86. The van der Waals surface area contributed by atoms with Gasteiger partial charge in [-0.25, -0.2) is 4.39 Å². The minimum absolute atomic E-state index is 0.0104. The molecule has 1 atom stereocenters. The molecule has 1 fully saturated rings. The van der Waals surface area contributed by atoms with Crippen LogP contribution in [-0.2, 0) is 0 Å². The minimum Gasteiger partial charge on any atom is -0.334 e. The lowest BCUT2D eigenvalue weighted by Crippen LogP contribution is -2.32. The zero-order chi connectivity index (χ0) is 15.7. The van der Waals surface area contributed by atoms with Gasteiger partial charge < -0.3 is 4.90 Å². The van der Waals surface area contributed by atoms with E-state index in [0.29, 0.717) is 16.5 Å². The van der Waals surface area contributed by atoms with Crippen LogP contribution in [0.2, 0.25) is 5.02 Å². The predicted octanol–water partition coefficient (Wildman–Crippen LogP) is 4.70. The fraction of sp³-hybridized carbons (Fsp3) is 0.278. The van der Waals surface area contributed by atoms with Gasteiger partial charge in [-0.3, -0.25) is 4.79 Å². The van der Waals surface area contributed by atoms with Crippen molar-refractivity contribution in [1.82, 2.24) is 4.90 Å². The summed E-state index contributed by atoms with van der Waals surface area (Å²) in [6, 6.07) is 13.3. The van der Waals surface area contributed by atoms with Crippen LogP contribution in [0, 0.1) is 11.7 Å². The number of halogens is 2. The molecule has 0 saturated heterocycles. The third kappa shape index (κ3) is 3.14. The molecule has 0 bridgehead atoms. The van der Waals surface area contributed by atoms with E-state index >= 15 is 0 Å². The standard InChI is InChI=1S/C18H17ClFNO/c1-21(18(22)14-4-8-15(19)9-5-14)17(12-2-3-12)13-6-10-16(20)11-7-13/h4-12,17H,2-3H2,1H3/t17-/m1/s1. The summed E-state index contributed by atoms with van der Waals surface area (Å²) in [6.45, 7) is 0. The SMILES string of the molecule is CN(C(=O)c1ccc(Cl)cc1)[C@@H](c1ccc(F)cc1)C1CC1. The molecule has 4 heteroatoms. The zero-order valence-corrected chi connectivity index (χ0v) is 13.1. The maximum absolute atomic E-state index is 13.1. The van der Waals surface area contributed by atoms with Gasteiger partial charge in [-0.2, -0.15) is 0 Å². The van der Waals surface area contributed by atoms with E-state index in [4.69, 9.17) is 11.6 Å². The molecule has 0 aliphatic heterocycles. The maximum atomic E-state index is 13.1. The monoisotopic (exact) mass is 317 g/mol. The number of benzene rings is 2. The molecule has 0 N–H and O–H groups in total. The Kier molecular flexibility index (Phi) is 4.16. The summed E-state index contributed by atoms with van der Waals surface area (Å²) in [5.41, 5.74) is 1.59. The normalized spacial score (nSPS) is 15.4. The van der Waals surface area contributed by atoms with Crippen LogP contribution in [0.4, 0.5) is 4.39 Å². The number of hydrogen-bond donors (Lipinski definition) is 0. The second kappa shape index (κ2) is 6.09. The van der Waals surface area contributed by atoms with Crippen molar-refractivity contribution in [3.05, 3.63) is 70.5 Å². The van der Waals surface area contributed by atoms with Gasteiger partial charge in [0.05, 0.1) is 6.04 Å². The smallest absolute Gasteiger partial charge is 0.254 e. The third-order valence-corrected chi connectivity index (χ3v) is 4.36. The number of carbonyl (C=O) groups excluding carboxylic acids is 1. The first-order chi connectivity index (χ1) is 10.6. The number of nitrogens with zero attached hydrogens (tertiary/aromatic N) is 1. The Morgan fingerprint density at radius 3 is 2.27 bits per heavy atom. The fourth-order valence-corrected chi connectivity index (χ4v) is 2.93. The topological polar surface area (TPSA) is 20.3 Å². The molecule has 3 rings (SSSR count). The van der Waals surface area contributed by atoms with Crippen LogP contribution in [0.25, 0.3) is 0 Å². The van der Waals surface area contributed by atoms with Gasteiger partial charge in [-0.15, -0.1) is 0 Å². The van der Waals surface area contributed by atoms with Crippen LogP contribution in [0.3, 0.4) is 0 Å². The molecule has 0 radical (unpaired) electrons. The quantitative estimate of drug-likeness (QED) is 0.800. The molecule has 2 aromatic rings. The van der Waals surface area contributed by atoms with E-state index in [1.807, 2.05) is 7.05 Å². The second-order valence-corrected chi connectivity index (χ2v) is 6.19. The van der Waals surface area contributed by atoms with Gasteiger partial charge in [0.25, 0.3) is 5.91 Å². The summed E-state index contributed by atoms with van der Waals surface area (Å²) in [5, 5.41) is 0.608. The highest BCUT2D eigenvalue weighted by Crippen LogP contribution is 2.44. The van der Waals surface area contributed by atoms with Gasteiger partial charge in [0.2, 0.25) is 0 Å². The highest BCUT2D eigenvalue weighted by atomic mass is 35.5. The van der Waals surface area contributed by atoms with Crippen molar-refractivity contribution in [2.24, 2.45) is 5.92 Å². The van der Waals surface area contributed by atoms with Crippen LogP contribution in [0.5, 0.6) is 0 Å². The van der Waals surface area contributed by atoms with Gasteiger partial charge in [0.15, 0.2) is 0 Å². The number of hydrogen-bond acceptors (Lipinski definition) is 1. The van der Waals surface area contributed by atoms with Crippen LogP contribution >= 0.6 is 11.6 Å². The Bertz CT molecular complexity index is 664. The molecular weight excluding hydrogens is 301 g/mol. The first kappa shape index (κ1) is 15.0. The van der Waals surface area contributed by atoms with Crippen LogP contribution in [0.15, 0.2) is 48.5 Å². The molecule has 1 aliphatic carbocycles. The Labute approximate surface area is 134 Å². The molecule has 0 heterocycles. The van der Waals surface area contributed by atoms with E-state index in [1.54, 1.807) is 41.3 Å². The first-order valence-corrected chi connectivity index (χ1v) is 7.72. The lowest BCUT2D eigenvalue weighted by molar-refractivity contribution is 0.0711. The number of carbonyl (C=O) groups is 1. The summed E-state index contributed by atoms with van der Waals surface area (Å²) in [5.74, 6) is 0.148. The Morgan fingerprint density at radius 2 is 1.73 bits per heavy atom. The summed E-state index contributed by atoms with van der Waals surface area (Å²) in [4.78, 5) is 14.4. The minimum atomic E-state index is -0.259. The Hall–Kier alpha value is -1.87. The van der Waals surface area contributed by atoms with Gasteiger partial charge in [0.1, 0.15) is 5.82 Å². The van der Waals surface area contributed by atoms with Crippen molar-refractivity contribution in [2.75, 3.05) is 7.05 Å². The van der Waals surface area contributed by atoms with Gasteiger partial charge in [0, 0.05) is 17.6 Å². The van der Waals surface area contributed by atoms with Crippen molar-refractivity contribution >= 4 is 17.5 Å². The highest BCUT2D eigenvalue weighted by molar-refractivity contribution is 6.30. The number of amides is 1. The molecule has 2 aromatic carbocycles. The predicted molar refractivity (Wildman–Crippen MR) is 85.4 cm³/mol. The lowest BCUT2D eigenvalue weighted by atomic mass is 10.00. The molecule has 1 amide bonds. The maximum Gasteiger partial charge on any atom is 0.254 e. The largest absolute Gasteiger partial charge is 0.334 e. The molecule has 0 spiro atoms. The van der Waals surface area contributed by atoms with E-state index in [2.05, 4.69) is 0 Å². The molecule has 114 valence electrons. The van der Waals surface area contributed by atoms with Crippen LogP contribution in [0.1, 0.15) is 34.8 Å². The van der Waals surface area contributed by atoms with E-state index in [0.717, 1.165) is 18.4 Å². The Morgan fingerprint density at radius 1 is 1.14 bits per heavy atom. The summed E-state index contributed by atoms with van der Waals surface area (Å²) < 4.78 is 13.1. The molecular formula is C18H17ClFNO. The molecule has 1 saturated carbocycles. The van der Waals surface area contributed by atoms with Crippen molar-refractivity contribution in [3.8, 4) is 0 Å². The summed E-state index contributed by atoms with van der Waals surface area (Å²) >= 11 is 5.87. The average molecular weight is 318 g/mol. The molecule has 2 nitrogen and oxygen atoms in total.